The quantitative estimate of drug-likeness (QED) is 0.903. The third-order valence-corrected chi connectivity index (χ3v) is 5.79. The predicted molar refractivity (Wildman–Crippen MR) is 72.0 cm³/mol. The van der Waals surface area contributed by atoms with Crippen LogP contribution >= 0.6 is 11.6 Å². The maximum atomic E-state index is 12.5. The average molecular weight is 289 g/mol. The molecule has 1 aromatic rings. The van der Waals surface area contributed by atoms with Crippen LogP contribution in [0.3, 0.4) is 0 Å². The minimum Gasteiger partial charge on any atom is -0.328 e. The first-order chi connectivity index (χ1) is 8.43. The fourth-order valence-electron chi connectivity index (χ4n) is 2.32. The maximum Gasteiger partial charge on any atom is 0.244 e. The van der Waals surface area contributed by atoms with E-state index in [1.807, 2.05) is 6.92 Å². The van der Waals surface area contributed by atoms with Gasteiger partial charge in [-0.15, -0.1) is 0 Å². The first-order valence-electron chi connectivity index (χ1n) is 5.95. The molecule has 4 nitrogen and oxygen atoms in total. The zero-order valence-corrected chi connectivity index (χ0v) is 11.8. The molecular weight excluding hydrogens is 272 g/mol. The van der Waals surface area contributed by atoms with Gasteiger partial charge in [-0.05, 0) is 31.9 Å². The van der Waals surface area contributed by atoms with Crippen molar-refractivity contribution >= 4 is 21.6 Å². The molecule has 1 aliphatic heterocycles. The van der Waals surface area contributed by atoms with E-state index in [9.17, 15) is 8.42 Å². The molecule has 0 aromatic heterocycles. The number of nitrogens with two attached hydrogens (primary N) is 1. The molecule has 1 fully saturated rings. The first kappa shape index (κ1) is 13.8. The summed E-state index contributed by atoms with van der Waals surface area (Å²) in [4.78, 5) is 0.175. The van der Waals surface area contributed by atoms with Crippen molar-refractivity contribution in [1.82, 2.24) is 4.31 Å². The number of benzene rings is 1. The summed E-state index contributed by atoms with van der Waals surface area (Å²) < 4.78 is 26.5. The van der Waals surface area contributed by atoms with Crippen LogP contribution in [0.4, 0.5) is 0 Å². The average Bonchev–Trinajstić information content (AvgIpc) is 2.28. The summed E-state index contributed by atoms with van der Waals surface area (Å²) in [5.74, 6) is 0. The van der Waals surface area contributed by atoms with Crippen molar-refractivity contribution in [1.29, 1.82) is 0 Å². The van der Waals surface area contributed by atoms with Gasteiger partial charge in [0.1, 0.15) is 4.90 Å². The molecule has 1 aromatic carbocycles. The summed E-state index contributed by atoms with van der Waals surface area (Å²) in [6.45, 7) is 2.34. The van der Waals surface area contributed by atoms with Gasteiger partial charge in [-0.1, -0.05) is 23.7 Å². The van der Waals surface area contributed by atoms with Gasteiger partial charge >= 0.3 is 0 Å². The standard InChI is InChI=1S/C12H17ClN2O2S/c1-9-8-10(14)6-7-15(9)18(16,17)12-5-3-2-4-11(12)13/h2-5,9-10H,6-8,14H2,1H3/t9-,10+/m0/s1. The molecule has 0 bridgehead atoms. The molecule has 2 atom stereocenters. The lowest BCUT2D eigenvalue weighted by atomic mass is 10.0. The van der Waals surface area contributed by atoms with E-state index in [-0.39, 0.29) is 22.0 Å². The second kappa shape index (κ2) is 5.17. The van der Waals surface area contributed by atoms with E-state index in [1.54, 1.807) is 24.3 Å². The van der Waals surface area contributed by atoms with Gasteiger partial charge in [0.05, 0.1) is 5.02 Å². The first-order valence-corrected chi connectivity index (χ1v) is 7.76. The van der Waals surface area contributed by atoms with E-state index >= 15 is 0 Å². The number of rotatable bonds is 2. The Balaban J connectivity index is 2.35. The lowest BCUT2D eigenvalue weighted by Gasteiger charge is -2.35. The smallest absolute Gasteiger partial charge is 0.244 e. The van der Waals surface area contributed by atoms with Gasteiger partial charge in [0.25, 0.3) is 0 Å². The van der Waals surface area contributed by atoms with Gasteiger partial charge in [0.2, 0.25) is 10.0 Å². The van der Waals surface area contributed by atoms with Crippen LogP contribution in [0.1, 0.15) is 19.8 Å². The Morgan fingerprint density at radius 2 is 2.06 bits per heavy atom. The van der Waals surface area contributed by atoms with Crippen LogP contribution in [-0.2, 0) is 10.0 Å². The van der Waals surface area contributed by atoms with Crippen LogP contribution in [0, 0.1) is 0 Å². The zero-order chi connectivity index (χ0) is 13.3. The highest BCUT2D eigenvalue weighted by atomic mass is 35.5. The monoisotopic (exact) mass is 288 g/mol. The van der Waals surface area contributed by atoms with Crippen LogP contribution in [0.15, 0.2) is 29.2 Å². The lowest BCUT2D eigenvalue weighted by molar-refractivity contribution is 0.247. The molecule has 6 heteroatoms. The van der Waals surface area contributed by atoms with Crippen molar-refractivity contribution in [3.05, 3.63) is 29.3 Å². The molecule has 0 aliphatic carbocycles. The number of sulfonamides is 1. The molecule has 18 heavy (non-hydrogen) atoms. The highest BCUT2D eigenvalue weighted by Crippen LogP contribution is 2.28. The lowest BCUT2D eigenvalue weighted by Crippen LogP contribution is -2.48. The topological polar surface area (TPSA) is 63.4 Å². The van der Waals surface area contributed by atoms with Gasteiger partial charge in [-0.25, -0.2) is 8.42 Å². The summed E-state index contributed by atoms with van der Waals surface area (Å²) in [5, 5.41) is 0.263. The van der Waals surface area contributed by atoms with Gasteiger partial charge in [-0.3, -0.25) is 0 Å². The number of piperidine rings is 1. The normalized spacial score (nSPS) is 26.2. The van der Waals surface area contributed by atoms with Gasteiger partial charge in [0, 0.05) is 18.6 Å². The molecular formula is C12H17ClN2O2S. The molecule has 0 spiro atoms. The number of halogens is 1. The Hall–Kier alpha value is -0.620. The van der Waals surface area contributed by atoms with Crippen molar-refractivity contribution in [3.63, 3.8) is 0 Å². The second-order valence-corrected chi connectivity index (χ2v) is 6.95. The largest absolute Gasteiger partial charge is 0.328 e. The molecule has 100 valence electrons. The highest BCUT2D eigenvalue weighted by Gasteiger charge is 2.34. The molecule has 1 heterocycles. The molecule has 0 unspecified atom stereocenters. The van der Waals surface area contributed by atoms with E-state index < -0.39 is 10.0 Å². The summed E-state index contributed by atoms with van der Waals surface area (Å²) in [7, 11) is -3.52. The molecule has 2 rings (SSSR count). The van der Waals surface area contributed by atoms with Crippen LogP contribution < -0.4 is 5.73 Å². The van der Waals surface area contributed by atoms with Crippen molar-refractivity contribution < 1.29 is 8.42 Å². The molecule has 1 saturated heterocycles. The number of nitrogens with zero attached hydrogens (tertiary/aromatic N) is 1. The third kappa shape index (κ3) is 2.54. The van der Waals surface area contributed by atoms with Crippen molar-refractivity contribution in [2.45, 2.75) is 36.7 Å². The van der Waals surface area contributed by atoms with E-state index in [2.05, 4.69) is 0 Å². The molecule has 0 amide bonds. The third-order valence-electron chi connectivity index (χ3n) is 3.28. The van der Waals surface area contributed by atoms with Crippen molar-refractivity contribution in [2.24, 2.45) is 5.73 Å². The molecule has 0 saturated carbocycles. The minimum atomic E-state index is -3.52. The minimum absolute atomic E-state index is 0.0812. The Kier molecular flexibility index (Phi) is 3.96. The Bertz CT molecular complexity index is 533. The van der Waals surface area contributed by atoms with Crippen LogP contribution in [0.25, 0.3) is 0 Å². The second-order valence-electron chi connectivity index (χ2n) is 4.68. The van der Waals surface area contributed by atoms with Gasteiger partial charge in [0.15, 0.2) is 0 Å². The van der Waals surface area contributed by atoms with Crippen LogP contribution in [0.2, 0.25) is 5.02 Å². The Labute approximate surface area is 113 Å². The fraction of sp³-hybridized carbons (Fsp3) is 0.500. The fourth-order valence-corrected chi connectivity index (χ4v) is 4.48. The zero-order valence-electron chi connectivity index (χ0n) is 10.2. The van der Waals surface area contributed by atoms with E-state index in [0.717, 1.165) is 0 Å². The van der Waals surface area contributed by atoms with Crippen LogP contribution in [0.5, 0.6) is 0 Å². The van der Waals surface area contributed by atoms with E-state index in [1.165, 1.54) is 4.31 Å². The summed E-state index contributed by atoms with van der Waals surface area (Å²) in [6.07, 6.45) is 1.37. The molecule has 0 radical (unpaired) electrons. The molecule has 1 aliphatic rings. The Morgan fingerprint density at radius 3 is 2.67 bits per heavy atom. The molecule has 2 N–H and O–H groups in total. The Morgan fingerprint density at radius 1 is 1.39 bits per heavy atom. The van der Waals surface area contributed by atoms with Gasteiger partial charge < -0.3 is 5.73 Å². The number of hydrogen-bond donors (Lipinski definition) is 1. The number of hydrogen-bond acceptors (Lipinski definition) is 3. The van der Waals surface area contributed by atoms with E-state index in [4.69, 9.17) is 17.3 Å². The summed E-state index contributed by atoms with van der Waals surface area (Å²) in [6, 6.07) is 6.52. The predicted octanol–water partition coefficient (Wildman–Crippen LogP) is 1.84. The summed E-state index contributed by atoms with van der Waals surface area (Å²) >= 11 is 5.97. The maximum absolute atomic E-state index is 12.5. The van der Waals surface area contributed by atoms with Crippen molar-refractivity contribution in [3.8, 4) is 0 Å². The highest BCUT2D eigenvalue weighted by molar-refractivity contribution is 7.89. The SMILES string of the molecule is C[C@H]1C[C@H](N)CCN1S(=O)(=O)c1ccccc1Cl. The van der Waals surface area contributed by atoms with Gasteiger partial charge in [-0.2, -0.15) is 4.31 Å². The van der Waals surface area contributed by atoms with Crippen LogP contribution in [-0.4, -0.2) is 31.4 Å². The van der Waals surface area contributed by atoms with Crippen molar-refractivity contribution in [2.75, 3.05) is 6.54 Å². The van der Waals surface area contributed by atoms with E-state index in [0.29, 0.717) is 19.4 Å². The summed E-state index contributed by atoms with van der Waals surface area (Å²) in [5.41, 5.74) is 5.85.